The van der Waals surface area contributed by atoms with Crippen molar-refractivity contribution in [2.75, 3.05) is 7.05 Å². The first-order valence-electron chi connectivity index (χ1n) is 6.01. The van der Waals surface area contributed by atoms with Gasteiger partial charge in [-0.1, -0.05) is 12.8 Å². The highest BCUT2D eigenvalue weighted by Crippen LogP contribution is 2.27. The molecule has 0 saturated heterocycles. The Kier molecular flexibility index (Phi) is 4.00. The Morgan fingerprint density at radius 2 is 2.00 bits per heavy atom. The van der Waals surface area contributed by atoms with Crippen molar-refractivity contribution in [1.29, 1.82) is 0 Å². The van der Waals surface area contributed by atoms with Crippen molar-refractivity contribution in [3.05, 3.63) is 30.1 Å². The molecule has 1 fully saturated rings. The first-order valence-corrected chi connectivity index (χ1v) is 6.45. The Balaban J connectivity index is 2.09. The van der Waals surface area contributed by atoms with Crippen LogP contribution >= 0.6 is 11.6 Å². The third kappa shape index (κ3) is 2.78. The van der Waals surface area contributed by atoms with Crippen molar-refractivity contribution < 1.29 is 4.79 Å². The Labute approximate surface area is 107 Å². The van der Waals surface area contributed by atoms with Gasteiger partial charge < -0.3 is 4.90 Å². The van der Waals surface area contributed by atoms with Crippen molar-refractivity contribution in [3.63, 3.8) is 0 Å². The van der Waals surface area contributed by atoms with Gasteiger partial charge in [0.1, 0.15) is 0 Å². The van der Waals surface area contributed by atoms with E-state index in [-0.39, 0.29) is 17.3 Å². The van der Waals surface area contributed by atoms with E-state index in [0.29, 0.717) is 5.56 Å². The van der Waals surface area contributed by atoms with Crippen LogP contribution in [0.15, 0.2) is 24.5 Å². The smallest absolute Gasteiger partial charge is 0.254 e. The van der Waals surface area contributed by atoms with Gasteiger partial charge in [0.2, 0.25) is 0 Å². The van der Waals surface area contributed by atoms with E-state index in [4.69, 9.17) is 11.6 Å². The van der Waals surface area contributed by atoms with E-state index < -0.39 is 0 Å². The number of alkyl halides is 1. The fraction of sp³-hybridized carbons (Fsp3) is 0.538. The number of aromatic nitrogens is 1. The number of pyridine rings is 1. The van der Waals surface area contributed by atoms with Gasteiger partial charge in [-0.25, -0.2) is 0 Å². The molecule has 1 aliphatic carbocycles. The molecule has 2 unspecified atom stereocenters. The van der Waals surface area contributed by atoms with Crippen LogP contribution in [0.3, 0.4) is 0 Å². The maximum atomic E-state index is 12.2. The van der Waals surface area contributed by atoms with Crippen LogP contribution in [0.25, 0.3) is 0 Å². The zero-order valence-electron chi connectivity index (χ0n) is 9.97. The lowest BCUT2D eigenvalue weighted by atomic mass is 9.93. The van der Waals surface area contributed by atoms with E-state index >= 15 is 0 Å². The molecule has 1 heterocycles. The second kappa shape index (κ2) is 5.50. The minimum Gasteiger partial charge on any atom is -0.337 e. The van der Waals surface area contributed by atoms with Gasteiger partial charge in [0.25, 0.3) is 5.91 Å². The van der Waals surface area contributed by atoms with Gasteiger partial charge >= 0.3 is 0 Å². The summed E-state index contributed by atoms with van der Waals surface area (Å²) in [5.74, 6) is 0.0324. The predicted octanol–water partition coefficient (Wildman–Crippen LogP) is 2.70. The fourth-order valence-electron chi connectivity index (χ4n) is 2.35. The molecule has 1 aliphatic rings. The largest absolute Gasteiger partial charge is 0.337 e. The molecule has 1 aromatic heterocycles. The molecule has 92 valence electrons. The second-order valence-electron chi connectivity index (χ2n) is 4.52. The number of rotatable bonds is 2. The van der Waals surface area contributed by atoms with Gasteiger partial charge in [-0.3, -0.25) is 9.78 Å². The maximum absolute atomic E-state index is 12.2. The minimum absolute atomic E-state index is 0.0324. The van der Waals surface area contributed by atoms with E-state index in [0.717, 1.165) is 19.3 Å². The molecule has 0 N–H and O–H groups in total. The molecule has 4 heteroatoms. The monoisotopic (exact) mass is 252 g/mol. The third-order valence-electron chi connectivity index (χ3n) is 3.39. The van der Waals surface area contributed by atoms with Crippen LogP contribution in [0.4, 0.5) is 0 Å². The zero-order valence-corrected chi connectivity index (χ0v) is 10.7. The first kappa shape index (κ1) is 12.4. The van der Waals surface area contributed by atoms with Crippen LogP contribution in [0.2, 0.25) is 0 Å². The maximum Gasteiger partial charge on any atom is 0.254 e. The van der Waals surface area contributed by atoms with Crippen LogP contribution in [-0.2, 0) is 0 Å². The zero-order chi connectivity index (χ0) is 12.3. The summed E-state index contributed by atoms with van der Waals surface area (Å²) in [6.45, 7) is 0. The SMILES string of the molecule is CN(C(=O)c1ccncc1)C1CCCCC1Cl. The Hall–Kier alpha value is -1.09. The van der Waals surface area contributed by atoms with Crippen LogP contribution in [-0.4, -0.2) is 34.3 Å². The van der Waals surface area contributed by atoms with Crippen LogP contribution in [0.1, 0.15) is 36.0 Å². The molecule has 2 atom stereocenters. The fourth-order valence-corrected chi connectivity index (χ4v) is 2.80. The summed E-state index contributed by atoms with van der Waals surface area (Å²) < 4.78 is 0. The standard InChI is InChI=1S/C13H17ClN2O/c1-16(12-5-3-2-4-11(12)14)13(17)10-6-8-15-9-7-10/h6-9,11-12H,2-5H2,1H3. The van der Waals surface area contributed by atoms with Crippen LogP contribution < -0.4 is 0 Å². The Morgan fingerprint density at radius 1 is 1.35 bits per heavy atom. The highest BCUT2D eigenvalue weighted by atomic mass is 35.5. The quantitative estimate of drug-likeness (QED) is 0.759. The van der Waals surface area contributed by atoms with Crippen molar-refractivity contribution in [1.82, 2.24) is 9.88 Å². The Morgan fingerprint density at radius 3 is 2.65 bits per heavy atom. The third-order valence-corrected chi connectivity index (χ3v) is 3.90. The van der Waals surface area contributed by atoms with Gasteiger partial charge in [0.15, 0.2) is 0 Å². The number of amides is 1. The number of carbonyl (C=O) groups excluding carboxylic acids is 1. The second-order valence-corrected chi connectivity index (χ2v) is 5.08. The summed E-state index contributed by atoms with van der Waals surface area (Å²) in [5.41, 5.74) is 0.678. The molecule has 3 nitrogen and oxygen atoms in total. The molecule has 2 rings (SSSR count). The molecule has 1 aromatic rings. The van der Waals surface area contributed by atoms with Crippen molar-refractivity contribution in [3.8, 4) is 0 Å². The molecule has 17 heavy (non-hydrogen) atoms. The van der Waals surface area contributed by atoms with Gasteiger partial charge in [0.05, 0.1) is 5.38 Å². The molecular formula is C13H17ClN2O. The highest BCUT2D eigenvalue weighted by Gasteiger charge is 2.29. The lowest BCUT2D eigenvalue weighted by Crippen LogP contribution is -2.44. The summed E-state index contributed by atoms with van der Waals surface area (Å²) in [4.78, 5) is 17.9. The van der Waals surface area contributed by atoms with E-state index in [2.05, 4.69) is 4.98 Å². The van der Waals surface area contributed by atoms with Gasteiger partial charge in [-0.2, -0.15) is 0 Å². The number of halogens is 1. The average molecular weight is 253 g/mol. The first-order chi connectivity index (χ1) is 8.20. The topological polar surface area (TPSA) is 33.2 Å². The van der Waals surface area contributed by atoms with E-state index in [1.165, 1.54) is 6.42 Å². The lowest BCUT2D eigenvalue weighted by Gasteiger charge is -2.34. The normalized spacial score (nSPS) is 24.4. The molecule has 0 radical (unpaired) electrons. The molecular weight excluding hydrogens is 236 g/mol. The van der Waals surface area contributed by atoms with E-state index in [9.17, 15) is 4.79 Å². The van der Waals surface area contributed by atoms with Crippen LogP contribution in [0, 0.1) is 0 Å². The molecule has 0 bridgehead atoms. The van der Waals surface area contributed by atoms with Gasteiger partial charge in [-0.05, 0) is 25.0 Å². The van der Waals surface area contributed by atoms with E-state index in [1.807, 2.05) is 7.05 Å². The summed E-state index contributed by atoms with van der Waals surface area (Å²) >= 11 is 6.30. The molecule has 0 aromatic carbocycles. The van der Waals surface area contributed by atoms with Crippen molar-refractivity contribution in [2.45, 2.75) is 37.1 Å². The number of nitrogens with zero attached hydrogens (tertiary/aromatic N) is 2. The minimum atomic E-state index is 0.0324. The summed E-state index contributed by atoms with van der Waals surface area (Å²) in [6.07, 6.45) is 7.60. The van der Waals surface area contributed by atoms with Gasteiger partial charge in [-0.15, -0.1) is 11.6 Å². The molecule has 1 saturated carbocycles. The predicted molar refractivity (Wildman–Crippen MR) is 68.2 cm³/mol. The van der Waals surface area contributed by atoms with Gasteiger partial charge in [0, 0.05) is 31.0 Å². The number of carbonyl (C=O) groups is 1. The molecule has 0 aliphatic heterocycles. The highest BCUT2D eigenvalue weighted by molar-refractivity contribution is 6.21. The summed E-state index contributed by atoms with van der Waals surface area (Å²) in [6, 6.07) is 3.64. The molecule has 0 spiro atoms. The average Bonchev–Trinajstić information content (AvgIpc) is 2.39. The molecule has 1 amide bonds. The lowest BCUT2D eigenvalue weighted by molar-refractivity contribution is 0.0700. The van der Waals surface area contributed by atoms with Crippen molar-refractivity contribution in [2.24, 2.45) is 0 Å². The van der Waals surface area contributed by atoms with E-state index in [1.54, 1.807) is 29.4 Å². The Bertz CT molecular complexity index is 382. The summed E-state index contributed by atoms with van der Waals surface area (Å²) in [7, 11) is 1.84. The number of hydrogen-bond donors (Lipinski definition) is 0. The number of hydrogen-bond acceptors (Lipinski definition) is 2. The van der Waals surface area contributed by atoms with Crippen LogP contribution in [0.5, 0.6) is 0 Å². The van der Waals surface area contributed by atoms with Crippen molar-refractivity contribution >= 4 is 17.5 Å². The summed E-state index contributed by atoms with van der Waals surface area (Å²) in [5, 5.41) is 0.0829.